The monoisotopic (exact) mass is 644 g/mol. The molecule has 0 saturated heterocycles. The van der Waals surface area contributed by atoms with Gasteiger partial charge in [-0.1, -0.05) is 43.0 Å². The Bertz CT molecular complexity index is 1380. The Morgan fingerprint density at radius 3 is 1.80 bits per heavy atom. The number of aliphatic hydroxyl groups is 2. The molecule has 3 unspecified atom stereocenters. The van der Waals surface area contributed by atoms with Crippen molar-refractivity contribution in [2.45, 2.75) is 42.8 Å². The molecule has 3 aromatic carbocycles. The number of phenolic OH excluding ortho intramolecular Hbond substituents is 2. The van der Waals surface area contributed by atoms with Crippen molar-refractivity contribution in [1.29, 1.82) is 0 Å². The number of nitrogens with zero attached hydrogens (tertiary/aromatic N) is 2. The van der Waals surface area contributed by atoms with Crippen molar-refractivity contribution in [1.82, 2.24) is 4.90 Å². The van der Waals surface area contributed by atoms with Gasteiger partial charge in [-0.05, 0) is 69.8 Å². The number of para-hydroxylation sites is 2. The van der Waals surface area contributed by atoms with E-state index in [-0.39, 0.29) is 23.7 Å². The molecule has 45 heavy (non-hydrogen) atoms. The predicted molar refractivity (Wildman–Crippen MR) is 169 cm³/mol. The lowest BCUT2D eigenvalue weighted by Gasteiger charge is -2.35. The summed E-state index contributed by atoms with van der Waals surface area (Å²) in [4.78, 5) is 38.3. The molecule has 244 valence electrons. The third-order valence-corrected chi connectivity index (χ3v) is 7.42. The van der Waals surface area contributed by atoms with Crippen molar-refractivity contribution in [2.75, 3.05) is 38.7 Å². The number of ether oxygens (including phenoxy) is 1. The second-order valence-corrected chi connectivity index (χ2v) is 11.5. The summed E-state index contributed by atoms with van der Waals surface area (Å²) >= 11 is 1.88. The zero-order valence-corrected chi connectivity index (χ0v) is 26.6. The van der Waals surface area contributed by atoms with Gasteiger partial charge in [-0.15, -0.1) is 0 Å². The Morgan fingerprint density at radius 1 is 0.889 bits per heavy atom. The number of benzene rings is 3. The number of carbonyl (C=O) groups is 3. The van der Waals surface area contributed by atoms with Gasteiger partial charge in [0.25, 0.3) is 0 Å². The summed E-state index contributed by atoms with van der Waals surface area (Å²) in [5.41, 5.74) is 3.27. The lowest BCUT2D eigenvalue weighted by Crippen LogP contribution is -2.39. The summed E-state index contributed by atoms with van der Waals surface area (Å²) in [5, 5.41) is 51.1. The number of carboxylic acid groups (broad SMARTS) is 2. The van der Waals surface area contributed by atoms with Gasteiger partial charge in [-0.3, -0.25) is 0 Å². The van der Waals surface area contributed by atoms with Crippen LogP contribution in [0.3, 0.4) is 0 Å². The first kappa shape index (κ1) is 36.9. The molecule has 1 heterocycles. The summed E-state index contributed by atoms with van der Waals surface area (Å²) in [5.74, 6) is -3.84. The summed E-state index contributed by atoms with van der Waals surface area (Å²) in [6.45, 7) is 8.03. The molecule has 3 atom stereocenters. The van der Waals surface area contributed by atoms with Crippen LogP contribution in [-0.2, 0) is 14.3 Å². The molecule has 0 bridgehead atoms. The minimum Gasteiger partial charge on any atom is -0.508 e. The number of rotatable bonds is 9. The Morgan fingerprint density at radius 2 is 1.38 bits per heavy atom. The largest absolute Gasteiger partial charge is 0.508 e. The smallest absolute Gasteiger partial charge is 0.342 e. The van der Waals surface area contributed by atoms with Gasteiger partial charge in [0.15, 0.2) is 12.2 Å². The summed E-state index contributed by atoms with van der Waals surface area (Å²) in [6, 6.07) is 19.9. The lowest BCUT2D eigenvalue weighted by atomic mass is 10.1. The number of hydrogen-bond acceptors (Lipinski definition) is 11. The van der Waals surface area contributed by atoms with Gasteiger partial charge in [0.05, 0.1) is 18.0 Å². The predicted octanol–water partition coefficient (Wildman–Crippen LogP) is 3.95. The fourth-order valence-corrected chi connectivity index (χ4v) is 5.56. The molecule has 1 aliphatic heterocycles. The molecule has 3 aromatic rings. The van der Waals surface area contributed by atoms with Crippen LogP contribution in [-0.4, -0.2) is 99.4 Å². The highest BCUT2D eigenvalue weighted by molar-refractivity contribution is 7.99. The summed E-state index contributed by atoms with van der Waals surface area (Å²) < 4.78 is 4.75. The van der Waals surface area contributed by atoms with Crippen molar-refractivity contribution >= 4 is 41.0 Å². The third-order valence-electron chi connectivity index (χ3n) is 6.29. The number of esters is 1. The first-order valence-corrected chi connectivity index (χ1v) is 14.8. The van der Waals surface area contributed by atoms with E-state index in [4.69, 9.17) is 30.3 Å². The Hall–Kier alpha value is -4.30. The maximum absolute atomic E-state index is 11.3. The second-order valence-electron chi connectivity index (χ2n) is 10.5. The van der Waals surface area contributed by atoms with Crippen LogP contribution in [0.5, 0.6) is 11.5 Å². The van der Waals surface area contributed by atoms with Crippen LogP contribution in [0, 0.1) is 12.8 Å². The highest BCUT2D eigenvalue weighted by Gasteiger charge is 2.29. The zero-order chi connectivity index (χ0) is 33.8. The number of fused-ring (bicyclic) bond motifs is 2. The van der Waals surface area contributed by atoms with E-state index < -0.39 is 30.1 Å². The van der Waals surface area contributed by atoms with Gasteiger partial charge >= 0.3 is 17.9 Å². The molecule has 0 radical (unpaired) electrons. The lowest BCUT2D eigenvalue weighted by molar-refractivity contribution is -0.165. The molecular weight excluding hydrogens is 604 g/mol. The number of anilines is 2. The van der Waals surface area contributed by atoms with E-state index in [9.17, 15) is 19.5 Å². The molecule has 12 nitrogen and oxygen atoms in total. The van der Waals surface area contributed by atoms with Gasteiger partial charge in [-0.2, -0.15) is 0 Å². The van der Waals surface area contributed by atoms with Crippen LogP contribution in [0.25, 0.3) is 0 Å². The molecular formula is C32H40N2O10S. The summed E-state index contributed by atoms with van der Waals surface area (Å²) in [6.07, 6.45) is -4.53. The maximum atomic E-state index is 11.3. The Labute approximate surface area is 266 Å². The van der Waals surface area contributed by atoms with Crippen LogP contribution in [0.4, 0.5) is 11.4 Å². The van der Waals surface area contributed by atoms with Crippen molar-refractivity contribution in [2.24, 2.45) is 5.92 Å². The molecule has 4 rings (SSSR count). The fraction of sp³-hybridized carbons (Fsp3) is 0.344. The zero-order valence-electron chi connectivity index (χ0n) is 25.7. The van der Waals surface area contributed by atoms with E-state index in [0.29, 0.717) is 11.5 Å². The number of aryl methyl sites for hydroxylation is 1. The normalized spacial score (nSPS) is 13.5. The Balaban J connectivity index is 0.000000256. The molecule has 13 heteroatoms. The number of carbonyl (C=O) groups excluding carboxylic acids is 1. The average Bonchev–Trinajstić information content (AvgIpc) is 2.96. The van der Waals surface area contributed by atoms with E-state index in [1.54, 1.807) is 13.8 Å². The topological polar surface area (TPSA) is 188 Å². The standard InChI is InChI=1S/C18H22N2S.C10H12O4.C4H6O6/c1-14(12-19(2)3)13-20-15-8-4-6-10-17(15)21-18-11-7-5-9-16(18)20;1-3-14-10(13)9-6(2)4-7(11)5-8(9)12;5-1(3(7)8)2(6)4(9)10/h4-11,14H,12-13H2,1-3H3;4-5,11-12H,3H2,1-2H3;1-2,5-6H,(H,7,8)(H,9,10). The van der Waals surface area contributed by atoms with Gasteiger partial charge in [-0.25, -0.2) is 14.4 Å². The van der Waals surface area contributed by atoms with Crippen molar-refractivity contribution in [3.63, 3.8) is 0 Å². The Kier molecular flexibility index (Phi) is 14.1. The molecule has 0 saturated carbocycles. The fourth-order valence-electron chi connectivity index (χ4n) is 4.46. The summed E-state index contributed by atoms with van der Waals surface area (Å²) in [7, 11) is 4.29. The number of aliphatic hydroxyl groups excluding tert-OH is 2. The van der Waals surface area contributed by atoms with E-state index in [2.05, 4.69) is 79.3 Å². The van der Waals surface area contributed by atoms with E-state index in [1.165, 1.54) is 27.2 Å². The average molecular weight is 645 g/mol. The van der Waals surface area contributed by atoms with Crippen LogP contribution in [0.15, 0.2) is 70.5 Å². The van der Waals surface area contributed by atoms with E-state index in [0.717, 1.165) is 19.2 Å². The van der Waals surface area contributed by atoms with E-state index in [1.807, 2.05) is 11.8 Å². The minimum absolute atomic E-state index is 0.0759. The maximum Gasteiger partial charge on any atom is 0.342 e. The molecule has 0 aromatic heterocycles. The molecule has 0 aliphatic carbocycles. The second kappa shape index (κ2) is 17.3. The first-order chi connectivity index (χ1) is 21.2. The highest BCUT2D eigenvalue weighted by atomic mass is 32.2. The van der Waals surface area contributed by atoms with Crippen LogP contribution < -0.4 is 4.90 Å². The van der Waals surface area contributed by atoms with Crippen molar-refractivity contribution < 1.29 is 49.8 Å². The quantitative estimate of drug-likeness (QED) is 0.184. The third kappa shape index (κ3) is 10.7. The molecule has 0 fully saturated rings. The van der Waals surface area contributed by atoms with Gasteiger partial charge in [0.2, 0.25) is 0 Å². The number of aromatic hydroxyl groups is 2. The molecule has 6 N–H and O–H groups in total. The minimum atomic E-state index is -2.27. The number of carboxylic acids is 2. The van der Waals surface area contributed by atoms with Crippen molar-refractivity contribution in [3.8, 4) is 11.5 Å². The number of hydrogen-bond donors (Lipinski definition) is 6. The van der Waals surface area contributed by atoms with Gasteiger partial charge in [0.1, 0.15) is 17.1 Å². The SMILES string of the molecule is CC(CN(C)C)CN1c2ccccc2Sc2ccccc21.CCOC(=O)c1c(C)cc(O)cc1O.O=C(O)C(O)C(O)C(=O)O. The van der Waals surface area contributed by atoms with Crippen LogP contribution in [0.2, 0.25) is 0 Å². The number of aliphatic carboxylic acids is 2. The van der Waals surface area contributed by atoms with E-state index >= 15 is 0 Å². The molecule has 1 aliphatic rings. The number of phenols is 2. The van der Waals surface area contributed by atoms with Crippen molar-refractivity contribution in [3.05, 3.63) is 71.8 Å². The highest BCUT2D eigenvalue weighted by Crippen LogP contribution is 2.48. The van der Waals surface area contributed by atoms with Gasteiger partial charge < -0.3 is 45.2 Å². The van der Waals surface area contributed by atoms with Crippen LogP contribution >= 0.6 is 11.8 Å². The first-order valence-electron chi connectivity index (χ1n) is 14.0. The molecule has 0 amide bonds. The van der Waals surface area contributed by atoms with Crippen LogP contribution in [0.1, 0.15) is 29.8 Å². The molecule has 0 spiro atoms. The van der Waals surface area contributed by atoms with Gasteiger partial charge in [0, 0.05) is 28.9 Å².